The lowest BCUT2D eigenvalue weighted by Gasteiger charge is -2.14. The lowest BCUT2D eigenvalue weighted by Crippen LogP contribution is -2.06. The molecule has 3 rings (SSSR count). The highest BCUT2D eigenvalue weighted by Gasteiger charge is 2.12. The minimum atomic E-state index is 0.164. The van der Waals surface area contributed by atoms with Gasteiger partial charge in [0.25, 0.3) is 0 Å². The molecular weight excluding hydrogens is 244 g/mol. The molecule has 3 aromatic rings. The normalized spacial score (nSPS) is 12.7. The summed E-state index contributed by atoms with van der Waals surface area (Å²) in [7, 11) is 0. The van der Waals surface area contributed by atoms with E-state index >= 15 is 0 Å². The highest BCUT2D eigenvalue weighted by molar-refractivity contribution is 7.71. The molecule has 3 aromatic heterocycles. The van der Waals surface area contributed by atoms with Crippen LogP contribution in [0.15, 0.2) is 43.0 Å². The first-order chi connectivity index (χ1) is 8.77. The molecule has 0 aromatic carbocycles. The lowest BCUT2D eigenvalue weighted by molar-refractivity contribution is 0.648. The topological polar surface area (TPSA) is 46.5 Å². The van der Waals surface area contributed by atoms with Crippen LogP contribution in [0.2, 0.25) is 0 Å². The molecule has 0 aliphatic heterocycles. The van der Waals surface area contributed by atoms with Crippen molar-refractivity contribution in [2.75, 3.05) is 0 Å². The van der Waals surface area contributed by atoms with Gasteiger partial charge in [0.15, 0.2) is 4.77 Å². The van der Waals surface area contributed by atoms with E-state index in [2.05, 4.69) is 26.4 Å². The van der Waals surface area contributed by atoms with Gasteiger partial charge in [-0.3, -0.25) is 9.97 Å². The highest BCUT2D eigenvalue weighted by atomic mass is 32.1. The highest BCUT2D eigenvalue weighted by Crippen LogP contribution is 2.23. The number of pyridine rings is 2. The van der Waals surface area contributed by atoms with Crippen molar-refractivity contribution in [3.8, 4) is 0 Å². The standard InChI is InChI=1S/C13H12N4S/c1-9(10-2-5-14-6-3-10)17-12-4-7-15-8-11(12)16-13(17)18/h2-9H,1H3,(H,16,18). The Hall–Kier alpha value is -2.01. The third-order valence-corrected chi connectivity index (χ3v) is 3.39. The van der Waals surface area contributed by atoms with E-state index in [4.69, 9.17) is 12.2 Å². The van der Waals surface area contributed by atoms with Crippen molar-refractivity contribution in [1.82, 2.24) is 19.5 Å². The smallest absolute Gasteiger partial charge is 0.178 e. The van der Waals surface area contributed by atoms with Gasteiger partial charge >= 0.3 is 0 Å². The summed E-state index contributed by atoms with van der Waals surface area (Å²) in [6.45, 7) is 2.12. The maximum absolute atomic E-state index is 5.39. The molecule has 0 fully saturated rings. The fraction of sp³-hybridized carbons (Fsp3) is 0.154. The van der Waals surface area contributed by atoms with Crippen LogP contribution in [-0.4, -0.2) is 19.5 Å². The minimum absolute atomic E-state index is 0.164. The van der Waals surface area contributed by atoms with Gasteiger partial charge in [-0.1, -0.05) is 0 Å². The van der Waals surface area contributed by atoms with E-state index in [9.17, 15) is 0 Å². The molecule has 1 N–H and O–H groups in total. The molecule has 3 heterocycles. The minimum Gasteiger partial charge on any atom is -0.329 e. The van der Waals surface area contributed by atoms with E-state index in [0.29, 0.717) is 4.77 Å². The van der Waals surface area contributed by atoms with Crippen LogP contribution >= 0.6 is 12.2 Å². The Morgan fingerprint density at radius 2 is 1.89 bits per heavy atom. The zero-order chi connectivity index (χ0) is 12.5. The van der Waals surface area contributed by atoms with Crippen LogP contribution in [0.5, 0.6) is 0 Å². The molecule has 0 amide bonds. The summed E-state index contributed by atoms with van der Waals surface area (Å²) in [6.07, 6.45) is 7.17. The van der Waals surface area contributed by atoms with Gasteiger partial charge < -0.3 is 9.55 Å². The van der Waals surface area contributed by atoms with E-state index < -0.39 is 0 Å². The molecule has 90 valence electrons. The number of fused-ring (bicyclic) bond motifs is 1. The Morgan fingerprint density at radius 3 is 2.67 bits per heavy atom. The molecule has 0 bridgehead atoms. The predicted molar refractivity (Wildman–Crippen MR) is 73.0 cm³/mol. The number of H-pyrrole nitrogens is 1. The van der Waals surface area contributed by atoms with Crippen molar-refractivity contribution in [3.05, 3.63) is 53.3 Å². The maximum Gasteiger partial charge on any atom is 0.178 e. The van der Waals surface area contributed by atoms with Crippen molar-refractivity contribution < 1.29 is 0 Å². The molecule has 1 atom stereocenters. The van der Waals surface area contributed by atoms with Gasteiger partial charge in [0, 0.05) is 18.6 Å². The molecule has 5 heteroatoms. The van der Waals surface area contributed by atoms with Crippen LogP contribution in [-0.2, 0) is 0 Å². The Kier molecular flexibility index (Phi) is 2.68. The number of aromatic nitrogens is 4. The number of hydrogen-bond acceptors (Lipinski definition) is 3. The zero-order valence-electron chi connectivity index (χ0n) is 9.87. The van der Waals surface area contributed by atoms with Crippen LogP contribution in [0.25, 0.3) is 11.0 Å². The molecule has 0 aliphatic rings. The number of hydrogen-bond donors (Lipinski definition) is 1. The Bertz CT molecular complexity index is 729. The van der Waals surface area contributed by atoms with Crippen molar-refractivity contribution in [2.24, 2.45) is 0 Å². The Balaban J connectivity index is 2.20. The first kappa shape index (κ1) is 11.1. The number of imidazole rings is 1. The first-order valence-corrected chi connectivity index (χ1v) is 6.12. The van der Waals surface area contributed by atoms with Crippen molar-refractivity contribution in [3.63, 3.8) is 0 Å². The van der Waals surface area contributed by atoms with Crippen molar-refractivity contribution in [2.45, 2.75) is 13.0 Å². The van der Waals surface area contributed by atoms with Gasteiger partial charge in [-0.2, -0.15) is 0 Å². The van der Waals surface area contributed by atoms with E-state index in [0.717, 1.165) is 11.0 Å². The quantitative estimate of drug-likeness (QED) is 0.717. The van der Waals surface area contributed by atoms with Crippen LogP contribution in [0.3, 0.4) is 0 Å². The second kappa shape index (κ2) is 4.34. The van der Waals surface area contributed by atoms with Crippen LogP contribution in [0, 0.1) is 4.77 Å². The Labute approximate surface area is 109 Å². The third kappa shape index (κ3) is 1.73. The summed E-state index contributed by atoms with van der Waals surface area (Å²) >= 11 is 5.39. The largest absolute Gasteiger partial charge is 0.329 e. The Morgan fingerprint density at radius 1 is 1.17 bits per heavy atom. The molecular formula is C13H12N4S. The van der Waals surface area contributed by atoms with Crippen LogP contribution in [0.4, 0.5) is 0 Å². The SMILES string of the molecule is CC(c1ccncc1)n1c(=S)[nH]c2cnccc21. The zero-order valence-corrected chi connectivity index (χ0v) is 10.7. The average Bonchev–Trinajstić information content (AvgIpc) is 2.75. The summed E-state index contributed by atoms with van der Waals surface area (Å²) in [6, 6.07) is 6.15. The van der Waals surface area contributed by atoms with Crippen molar-refractivity contribution >= 4 is 23.3 Å². The molecule has 0 radical (unpaired) electrons. The van der Waals surface area contributed by atoms with Gasteiger partial charge in [-0.05, 0) is 42.9 Å². The van der Waals surface area contributed by atoms with Crippen LogP contribution in [0.1, 0.15) is 18.5 Å². The summed E-state index contributed by atoms with van der Waals surface area (Å²) in [5, 5.41) is 0. The summed E-state index contributed by atoms with van der Waals surface area (Å²) < 4.78 is 2.81. The fourth-order valence-electron chi connectivity index (χ4n) is 2.15. The number of rotatable bonds is 2. The molecule has 0 spiro atoms. The van der Waals surface area contributed by atoms with Crippen molar-refractivity contribution in [1.29, 1.82) is 0 Å². The molecule has 1 unspecified atom stereocenters. The fourth-order valence-corrected chi connectivity index (χ4v) is 2.52. The molecule has 0 saturated carbocycles. The summed E-state index contributed by atoms with van der Waals surface area (Å²) in [4.78, 5) is 11.3. The second-order valence-corrected chi connectivity index (χ2v) is 4.54. The van der Waals surface area contributed by atoms with E-state index in [-0.39, 0.29) is 6.04 Å². The van der Waals surface area contributed by atoms with Gasteiger partial charge in [-0.25, -0.2) is 0 Å². The van der Waals surface area contributed by atoms with Gasteiger partial charge in [0.1, 0.15) is 0 Å². The van der Waals surface area contributed by atoms with E-state index in [1.807, 2.05) is 18.2 Å². The lowest BCUT2D eigenvalue weighted by atomic mass is 10.1. The van der Waals surface area contributed by atoms with Gasteiger partial charge in [-0.15, -0.1) is 0 Å². The molecule has 4 nitrogen and oxygen atoms in total. The van der Waals surface area contributed by atoms with E-state index in [1.54, 1.807) is 24.8 Å². The first-order valence-electron chi connectivity index (χ1n) is 5.71. The monoisotopic (exact) mass is 256 g/mol. The van der Waals surface area contributed by atoms with Gasteiger partial charge in [0.2, 0.25) is 0 Å². The molecule has 0 saturated heterocycles. The number of nitrogens with one attached hydrogen (secondary N) is 1. The number of nitrogens with zero attached hydrogens (tertiary/aromatic N) is 3. The predicted octanol–water partition coefficient (Wildman–Crippen LogP) is 3.10. The van der Waals surface area contributed by atoms with E-state index in [1.165, 1.54) is 5.56 Å². The maximum atomic E-state index is 5.39. The molecule has 18 heavy (non-hydrogen) atoms. The van der Waals surface area contributed by atoms with Crippen LogP contribution < -0.4 is 0 Å². The average molecular weight is 256 g/mol. The third-order valence-electron chi connectivity index (χ3n) is 3.09. The second-order valence-electron chi connectivity index (χ2n) is 4.15. The molecule has 0 aliphatic carbocycles. The number of aromatic amines is 1. The summed E-state index contributed by atoms with van der Waals surface area (Å²) in [5.74, 6) is 0. The van der Waals surface area contributed by atoms with Gasteiger partial charge in [0.05, 0.1) is 23.3 Å². The summed E-state index contributed by atoms with van der Waals surface area (Å²) in [5.41, 5.74) is 3.21.